The van der Waals surface area contributed by atoms with Gasteiger partial charge in [-0.2, -0.15) is 0 Å². The predicted molar refractivity (Wildman–Crippen MR) is 89.0 cm³/mol. The van der Waals surface area contributed by atoms with Crippen LogP contribution in [0.25, 0.3) is 0 Å². The minimum absolute atomic E-state index is 0. The first-order valence-electron chi connectivity index (χ1n) is 5.94. The highest BCUT2D eigenvalue weighted by molar-refractivity contribution is 6.87. The molecule has 17 heavy (non-hydrogen) atoms. The van der Waals surface area contributed by atoms with Crippen molar-refractivity contribution in [2.45, 2.75) is 80.1 Å². The van der Waals surface area contributed by atoms with Crippen LogP contribution in [0.1, 0.15) is 28.7 Å². The molecule has 0 unspecified atom stereocenters. The highest BCUT2D eigenvalue weighted by Crippen LogP contribution is 2.23. The van der Waals surface area contributed by atoms with Crippen molar-refractivity contribution in [2.75, 3.05) is 0 Å². The molecule has 0 radical (unpaired) electrons. The molecule has 5 heteroatoms. The van der Waals surface area contributed by atoms with E-state index in [1.54, 1.807) is 0 Å². The summed E-state index contributed by atoms with van der Waals surface area (Å²) < 4.78 is 12.6. The van der Waals surface area contributed by atoms with Crippen molar-refractivity contribution in [1.82, 2.24) is 0 Å². The fourth-order valence-electron chi connectivity index (χ4n) is 1.50. The molecule has 0 aliphatic carbocycles. The highest BCUT2D eigenvalue weighted by Gasteiger charge is 2.37. The van der Waals surface area contributed by atoms with Crippen LogP contribution >= 0.6 is 0 Å². The Kier molecular flexibility index (Phi) is 10.5. The lowest BCUT2D eigenvalue weighted by molar-refractivity contribution is 0.390. The molecule has 0 heterocycles. The van der Waals surface area contributed by atoms with Crippen molar-refractivity contribution in [1.29, 1.82) is 0 Å². The van der Waals surface area contributed by atoms with Gasteiger partial charge in [0.15, 0.2) is 16.6 Å². The molecule has 2 nitrogen and oxygen atoms in total. The Balaban J connectivity index is -0.000000980. The van der Waals surface area contributed by atoms with Crippen molar-refractivity contribution < 1.29 is 8.23 Å². The third kappa shape index (κ3) is 10.2. The summed E-state index contributed by atoms with van der Waals surface area (Å²) in [6.45, 7) is 18.0. The fraction of sp³-hybridized carbons (Fsp3) is 1.00. The predicted octanol–water partition coefficient (Wildman–Crippen LogP) is 5.44. The molecule has 0 aliphatic heterocycles. The molecule has 0 aromatic carbocycles. The normalized spacial score (nSPS) is 12.7. The van der Waals surface area contributed by atoms with Gasteiger partial charge in [-0.05, 0) is 51.4 Å². The molecule has 0 rings (SSSR count). The molecule has 0 fully saturated rings. The third-order valence-corrected chi connectivity index (χ3v) is 14.5. The summed E-state index contributed by atoms with van der Waals surface area (Å²) in [4.78, 5) is 0. The van der Waals surface area contributed by atoms with Crippen LogP contribution in [-0.2, 0) is 8.23 Å². The molecule has 0 amide bonds. The summed E-state index contributed by atoms with van der Waals surface area (Å²) in [5.74, 6) is 0. The van der Waals surface area contributed by atoms with Gasteiger partial charge in [-0.3, -0.25) is 0 Å². The Labute approximate surface area is 114 Å². The van der Waals surface area contributed by atoms with Gasteiger partial charge in [0.1, 0.15) is 0 Å². The molecule has 0 saturated heterocycles. The molecule has 0 aromatic heterocycles. The summed E-state index contributed by atoms with van der Waals surface area (Å²) in [5, 5.41) is 0. The van der Waals surface area contributed by atoms with Crippen molar-refractivity contribution >= 4 is 25.2 Å². The smallest absolute Gasteiger partial charge is 0.311 e. The van der Waals surface area contributed by atoms with Crippen molar-refractivity contribution in [3.8, 4) is 0 Å². The molecule has 0 atom stereocenters. The van der Waals surface area contributed by atoms with Crippen molar-refractivity contribution in [3.05, 3.63) is 0 Å². The second-order valence-corrected chi connectivity index (χ2v) is 18.7. The van der Waals surface area contributed by atoms with Crippen LogP contribution in [0.3, 0.4) is 0 Å². The maximum Gasteiger partial charge on any atom is 0.311 e. The lowest BCUT2D eigenvalue weighted by atomic mass is 11.0. The second kappa shape index (κ2) is 7.89. The summed E-state index contributed by atoms with van der Waals surface area (Å²) in [7, 11) is -4.83. The first-order valence-corrected chi connectivity index (χ1v) is 15.0. The molecule has 0 saturated carbocycles. The first kappa shape index (κ1) is 22.7. The van der Waals surface area contributed by atoms with Crippen LogP contribution in [0.15, 0.2) is 0 Å². The maximum absolute atomic E-state index is 6.30. The van der Waals surface area contributed by atoms with Crippen molar-refractivity contribution in [3.63, 3.8) is 0 Å². The van der Waals surface area contributed by atoms with Gasteiger partial charge in [-0.25, -0.2) is 0 Å². The van der Waals surface area contributed by atoms with Gasteiger partial charge in [-0.1, -0.05) is 28.7 Å². The van der Waals surface area contributed by atoms with E-state index in [-0.39, 0.29) is 14.9 Å². The van der Waals surface area contributed by atoms with E-state index in [0.717, 1.165) is 0 Å². The van der Waals surface area contributed by atoms with E-state index in [1.807, 2.05) is 0 Å². The van der Waals surface area contributed by atoms with Gasteiger partial charge in [0.05, 0.1) is 0 Å². The van der Waals surface area contributed by atoms with E-state index in [4.69, 9.17) is 8.23 Å². The van der Waals surface area contributed by atoms with E-state index < -0.39 is 25.2 Å². The van der Waals surface area contributed by atoms with Crippen LogP contribution in [0, 0.1) is 0 Å². The Bertz CT molecular complexity index is 184. The van der Waals surface area contributed by atoms with Crippen LogP contribution in [0.2, 0.25) is 51.4 Å². The van der Waals surface area contributed by atoms with Gasteiger partial charge in [-0.15, -0.1) is 0 Å². The third-order valence-electron chi connectivity index (χ3n) is 2.75. The van der Waals surface area contributed by atoms with Gasteiger partial charge < -0.3 is 8.23 Å². The minimum Gasteiger partial charge on any atom is -0.437 e. The van der Waals surface area contributed by atoms with E-state index in [9.17, 15) is 0 Å². The topological polar surface area (TPSA) is 18.5 Å². The highest BCUT2D eigenvalue weighted by atomic mass is 28.5. The van der Waals surface area contributed by atoms with Gasteiger partial charge in [0, 0.05) is 0 Å². The lowest BCUT2D eigenvalue weighted by Crippen LogP contribution is -2.51. The summed E-state index contributed by atoms with van der Waals surface area (Å²) in [6, 6.07) is 2.34. The Morgan fingerprint density at radius 2 is 0.882 bits per heavy atom. The first-order chi connectivity index (χ1) is 6.54. The van der Waals surface area contributed by atoms with E-state index >= 15 is 0 Å². The van der Waals surface area contributed by atoms with Crippen LogP contribution < -0.4 is 0 Å². The molecular weight excluding hydrogens is 260 g/mol. The van der Waals surface area contributed by atoms with Crippen molar-refractivity contribution in [2.24, 2.45) is 0 Å². The lowest BCUT2D eigenvalue weighted by Gasteiger charge is -2.38. The number of hydrogen-bond acceptors (Lipinski definition) is 2. The molecular formula is C12H36O2Si3. The van der Waals surface area contributed by atoms with Crippen LogP contribution in [-0.4, -0.2) is 25.2 Å². The minimum atomic E-state index is -1.89. The summed E-state index contributed by atoms with van der Waals surface area (Å²) in [6.07, 6.45) is 0. The van der Waals surface area contributed by atoms with E-state index in [2.05, 4.69) is 53.1 Å². The Morgan fingerprint density at radius 3 is 1.06 bits per heavy atom. The van der Waals surface area contributed by atoms with Gasteiger partial charge in [0.25, 0.3) is 0 Å². The number of rotatable bonds is 6. The average molecular weight is 297 g/mol. The zero-order valence-electron chi connectivity index (χ0n) is 11.7. The Hall–Kier alpha value is 0.571. The summed E-state index contributed by atoms with van der Waals surface area (Å²) in [5.41, 5.74) is 0. The van der Waals surface area contributed by atoms with Crippen LogP contribution in [0.4, 0.5) is 0 Å². The molecule has 0 bridgehead atoms. The Morgan fingerprint density at radius 1 is 0.647 bits per heavy atom. The molecule has 0 spiro atoms. The number of hydrogen-bond donors (Lipinski definition) is 0. The van der Waals surface area contributed by atoms with Gasteiger partial charge in [0.2, 0.25) is 0 Å². The zero-order valence-corrected chi connectivity index (χ0v) is 14.7. The fourth-order valence-corrected chi connectivity index (χ4v) is 13.8. The van der Waals surface area contributed by atoms with Crippen LogP contribution in [0.5, 0.6) is 0 Å². The molecule has 0 aliphatic rings. The summed E-state index contributed by atoms with van der Waals surface area (Å²) >= 11 is 0. The largest absolute Gasteiger partial charge is 0.437 e. The van der Waals surface area contributed by atoms with E-state index in [1.165, 1.54) is 12.1 Å². The second-order valence-electron chi connectivity index (χ2n) is 5.83. The quantitative estimate of drug-likeness (QED) is 0.607. The molecule has 0 aromatic rings. The maximum atomic E-state index is 6.30. The zero-order chi connectivity index (χ0) is 12.3. The SMILES string of the molecule is C.C.CC[Si](C)(C)O[Si](C)(C)O[Si](C)(C)CC. The monoisotopic (exact) mass is 296 g/mol. The molecule has 0 N–H and O–H groups in total. The average Bonchev–Trinajstić information content (AvgIpc) is 2.00. The standard InChI is InChI=1S/C10H28O2Si3.2CH4/c1-9-13(3,4)11-15(7,8)12-14(5,6)10-2;;/h9-10H2,1-8H3;2*1H4. The van der Waals surface area contributed by atoms with Gasteiger partial charge >= 0.3 is 8.56 Å². The molecule has 108 valence electrons. The van der Waals surface area contributed by atoms with E-state index in [0.29, 0.717) is 0 Å².